The zero-order valence-electron chi connectivity index (χ0n) is 15.9. The molecule has 2 aromatic carbocycles. The summed E-state index contributed by atoms with van der Waals surface area (Å²) < 4.78 is 16.7. The van der Waals surface area contributed by atoms with E-state index in [-0.39, 0.29) is 5.91 Å². The molecule has 0 aliphatic carbocycles. The van der Waals surface area contributed by atoms with Crippen molar-refractivity contribution in [2.24, 2.45) is 5.92 Å². The summed E-state index contributed by atoms with van der Waals surface area (Å²) in [4.78, 5) is 12.6. The van der Waals surface area contributed by atoms with Gasteiger partial charge in [0, 0.05) is 5.56 Å². The second kappa shape index (κ2) is 9.70. The maximum atomic E-state index is 12.6. The Kier molecular flexibility index (Phi) is 7.33. The number of ether oxygens (including phenoxy) is 3. The molecule has 0 saturated carbocycles. The molecule has 1 amide bonds. The first-order valence-electron chi connectivity index (χ1n) is 8.89. The summed E-state index contributed by atoms with van der Waals surface area (Å²) in [6.07, 6.45) is 0.958. The number of hydrogen-bond acceptors (Lipinski definition) is 4. The molecule has 0 saturated heterocycles. The maximum absolute atomic E-state index is 12.6. The third kappa shape index (κ3) is 5.41. The topological polar surface area (TPSA) is 56.8 Å². The van der Waals surface area contributed by atoms with E-state index in [1.54, 1.807) is 25.3 Å². The Hall–Kier alpha value is -2.69. The van der Waals surface area contributed by atoms with Crippen molar-refractivity contribution in [2.45, 2.75) is 27.2 Å². The van der Waals surface area contributed by atoms with Crippen molar-refractivity contribution in [1.82, 2.24) is 0 Å². The number of carbonyl (C=O) groups is 1. The molecule has 0 bridgehead atoms. The fraction of sp³-hybridized carbons (Fsp3) is 0.381. The highest BCUT2D eigenvalue weighted by molar-refractivity contribution is 6.05. The van der Waals surface area contributed by atoms with Gasteiger partial charge in [-0.15, -0.1) is 0 Å². The van der Waals surface area contributed by atoms with Gasteiger partial charge >= 0.3 is 0 Å². The van der Waals surface area contributed by atoms with E-state index in [1.807, 2.05) is 31.2 Å². The lowest BCUT2D eigenvalue weighted by Gasteiger charge is -2.14. The van der Waals surface area contributed by atoms with Gasteiger partial charge in [0.1, 0.15) is 5.75 Å². The van der Waals surface area contributed by atoms with Crippen molar-refractivity contribution >= 4 is 11.6 Å². The number of rotatable bonds is 9. The smallest absolute Gasteiger partial charge is 0.255 e. The number of para-hydroxylation sites is 2. The fourth-order valence-electron chi connectivity index (χ4n) is 2.38. The van der Waals surface area contributed by atoms with Gasteiger partial charge in [-0.05, 0) is 49.6 Å². The SMILES string of the molecule is CCOc1ccccc1NC(=O)c1ccc(OCCC(C)C)c(OC)c1. The average Bonchev–Trinajstić information content (AvgIpc) is 2.63. The maximum Gasteiger partial charge on any atom is 0.255 e. The van der Waals surface area contributed by atoms with Crippen molar-refractivity contribution in [2.75, 3.05) is 25.6 Å². The normalized spacial score (nSPS) is 10.5. The first kappa shape index (κ1) is 19.6. The van der Waals surface area contributed by atoms with Gasteiger partial charge in [0.15, 0.2) is 11.5 Å². The van der Waals surface area contributed by atoms with Crippen LogP contribution in [0.1, 0.15) is 37.6 Å². The van der Waals surface area contributed by atoms with E-state index in [0.29, 0.717) is 47.6 Å². The monoisotopic (exact) mass is 357 g/mol. The zero-order chi connectivity index (χ0) is 18.9. The number of hydrogen-bond donors (Lipinski definition) is 1. The van der Waals surface area contributed by atoms with Gasteiger partial charge in [0.25, 0.3) is 5.91 Å². The molecular weight excluding hydrogens is 330 g/mol. The van der Waals surface area contributed by atoms with Crippen molar-refractivity contribution in [3.05, 3.63) is 48.0 Å². The first-order valence-corrected chi connectivity index (χ1v) is 8.89. The molecule has 0 aromatic heterocycles. The molecule has 0 spiro atoms. The molecule has 1 N–H and O–H groups in total. The third-order valence-corrected chi connectivity index (χ3v) is 3.81. The Labute approximate surface area is 155 Å². The fourth-order valence-corrected chi connectivity index (χ4v) is 2.38. The van der Waals surface area contributed by atoms with Crippen LogP contribution in [0.25, 0.3) is 0 Å². The molecule has 140 valence electrons. The van der Waals surface area contributed by atoms with Gasteiger partial charge in [-0.3, -0.25) is 4.79 Å². The summed E-state index contributed by atoms with van der Waals surface area (Å²) in [5.41, 5.74) is 1.12. The second-order valence-electron chi connectivity index (χ2n) is 6.28. The molecule has 0 fully saturated rings. The van der Waals surface area contributed by atoms with Crippen LogP contribution >= 0.6 is 0 Å². The van der Waals surface area contributed by atoms with E-state index < -0.39 is 0 Å². The zero-order valence-corrected chi connectivity index (χ0v) is 15.9. The molecule has 0 radical (unpaired) electrons. The van der Waals surface area contributed by atoms with Crippen LogP contribution in [0.4, 0.5) is 5.69 Å². The van der Waals surface area contributed by atoms with Gasteiger partial charge in [-0.25, -0.2) is 0 Å². The second-order valence-corrected chi connectivity index (χ2v) is 6.28. The van der Waals surface area contributed by atoms with Crippen LogP contribution in [0.3, 0.4) is 0 Å². The minimum absolute atomic E-state index is 0.232. The van der Waals surface area contributed by atoms with Crippen molar-refractivity contribution in [3.8, 4) is 17.2 Å². The number of anilines is 1. The number of amides is 1. The Bertz CT molecular complexity index is 728. The number of nitrogens with one attached hydrogen (secondary N) is 1. The highest BCUT2D eigenvalue weighted by Gasteiger charge is 2.13. The number of carbonyl (C=O) groups excluding carboxylic acids is 1. The Morgan fingerprint density at radius 2 is 1.81 bits per heavy atom. The summed E-state index contributed by atoms with van der Waals surface area (Å²) in [6, 6.07) is 12.5. The lowest BCUT2D eigenvalue weighted by molar-refractivity contribution is 0.102. The summed E-state index contributed by atoms with van der Waals surface area (Å²) in [7, 11) is 1.57. The minimum Gasteiger partial charge on any atom is -0.493 e. The van der Waals surface area contributed by atoms with Crippen LogP contribution < -0.4 is 19.5 Å². The Morgan fingerprint density at radius 1 is 1.04 bits per heavy atom. The van der Waals surface area contributed by atoms with E-state index in [9.17, 15) is 4.79 Å². The van der Waals surface area contributed by atoms with Crippen molar-refractivity contribution in [3.63, 3.8) is 0 Å². The van der Waals surface area contributed by atoms with Crippen LogP contribution in [0.5, 0.6) is 17.2 Å². The summed E-state index contributed by atoms with van der Waals surface area (Å²) in [5, 5.41) is 2.88. The first-order chi connectivity index (χ1) is 12.5. The van der Waals surface area contributed by atoms with E-state index in [0.717, 1.165) is 6.42 Å². The molecule has 26 heavy (non-hydrogen) atoms. The third-order valence-electron chi connectivity index (χ3n) is 3.81. The molecule has 0 heterocycles. The molecular formula is C21H27NO4. The Morgan fingerprint density at radius 3 is 2.50 bits per heavy atom. The molecule has 2 rings (SSSR count). The molecule has 5 nitrogen and oxygen atoms in total. The summed E-state index contributed by atoms with van der Waals surface area (Å²) in [6.45, 7) is 7.34. The summed E-state index contributed by atoms with van der Waals surface area (Å²) in [5.74, 6) is 2.16. The minimum atomic E-state index is -0.232. The van der Waals surface area contributed by atoms with Gasteiger partial charge in [-0.1, -0.05) is 26.0 Å². The lowest BCUT2D eigenvalue weighted by Crippen LogP contribution is -2.13. The van der Waals surface area contributed by atoms with Crippen molar-refractivity contribution in [1.29, 1.82) is 0 Å². The number of methoxy groups -OCH3 is 1. The molecule has 0 unspecified atom stereocenters. The molecule has 0 aliphatic rings. The standard InChI is InChI=1S/C21H27NO4/c1-5-25-18-9-7-6-8-17(18)22-21(23)16-10-11-19(20(14-16)24-4)26-13-12-15(2)3/h6-11,14-15H,5,12-13H2,1-4H3,(H,22,23). The lowest BCUT2D eigenvalue weighted by atomic mass is 10.1. The molecule has 0 atom stereocenters. The van der Waals surface area contributed by atoms with Gasteiger partial charge < -0.3 is 19.5 Å². The Balaban J connectivity index is 2.12. The quantitative estimate of drug-likeness (QED) is 0.702. The highest BCUT2D eigenvalue weighted by atomic mass is 16.5. The predicted molar refractivity (Wildman–Crippen MR) is 104 cm³/mol. The van der Waals surface area contributed by atoms with Crippen LogP contribution in [0.15, 0.2) is 42.5 Å². The molecule has 0 aliphatic heterocycles. The summed E-state index contributed by atoms with van der Waals surface area (Å²) >= 11 is 0. The van der Waals surface area contributed by atoms with Gasteiger partial charge in [0.05, 0.1) is 26.0 Å². The number of benzene rings is 2. The molecule has 2 aromatic rings. The van der Waals surface area contributed by atoms with Gasteiger partial charge in [0.2, 0.25) is 0 Å². The van der Waals surface area contributed by atoms with Gasteiger partial charge in [-0.2, -0.15) is 0 Å². The predicted octanol–water partition coefficient (Wildman–Crippen LogP) is 4.77. The van der Waals surface area contributed by atoms with Crippen LogP contribution in [0.2, 0.25) is 0 Å². The van der Waals surface area contributed by atoms with E-state index >= 15 is 0 Å². The van der Waals surface area contributed by atoms with Crippen molar-refractivity contribution < 1.29 is 19.0 Å². The molecule has 5 heteroatoms. The average molecular weight is 357 g/mol. The van der Waals surface area contributed by atoms with E-state index in [1.165, 1.54) is 0 Å². The van der Waals surface area contributed by atoms with Crippen LogP contribution in [-0.2, 0) is 0 Å². The highest BCUT2D eigenvalue weighted by Crippen LogP contribution is 2.30. The van der Waals surface area contributed by atoms with Crippen LogP contribution in [-0.4, -0.2) is 26.2 Å². The van der Waals surface area contributed by atoms with E-state index in [4.69, 9.17) is 14.2 Å². The van der Waals surface area contributed by atoms with Crippen LogP contribution in [0, 0.1) is 5.92 Å². The van der Waals surface area contributed by atoms with E-state index in [2.05, 4.69) is 19.2 Å². The largest absolute Gasteiger partial charge is 0.493 e.